The van der Waals surface area contributed by atoms with Gasteiger partial charge in [0, 0.05) is 17.3 Å². The van der Waals surface area contributed by atoms with Crippen LogP contribution in [-0.4, -0.2) is 6.54 Å². The lowest BCUT2D eigenvalue weighted by atomic mass is 10.1. The molecule has 0 aliphatic carbocycles. The standard InChI is InChI=1S/C16H17ClN2/c17-13-8-9-14(18)16(11-13)19-10-4-3-6-12-5-1-2-7-15(12)19/h1-2,5,7-9,11H,3-4,6,10,18H2. The van der Waals surface area contributed by atoms with Crippen molar-refractivity contribution in [3.63, 3.8) is 0 Å². The largest absolute Gasteiger partial charge is 0.397 e. The van der Waals surface area contributed by atoms with E-state index < -0.39 is 0 Å². The maximum Gasteiger partial charge on any atom is 0.0659 e. The fourth-order valence-corrected chi connectivity index (χ4v) is 2.86. The second-order valence-corrected chi connectivity index (χ2v) is 5.38. The van der Waals surface area contributed by atoms with Crippen molar-refractivity contribution in [1.82, 2.24) is 0 Å². The van der Waals surface area contributed by atoms with Crippen molar-refractivity contribution in [3.8, 4) is 0 Å². The third-order valence-electron chi connectivity index (χ3n) is 3.64. The quantitative estimate of drug-likeness (QED) is 0.780. The Balaban J connectivity index is 2.11. The van der Waals surface area contributed by atoms with Gasteiger partial charge in [-0.1, -0.05) is 29.8 Å². The minimum Gasteiger partial charge on any atom is -0.397 e. The summed E-state index contributed by atoms with van der Waals surface area (Å²) in [5, 5.41) is 0.728. The Morgan fingerprint density at radius 2 is 1.84 bits per heavy atom. The van der Waals surface area contributed by atoms with E-state index in [-0.39, 0.29) is 0 Å². The topological polar surface area (TPSA) is 29.3 Å². The number of para-hydroxylation sites is 1. The van der Waals surface area contributed by atoms with Crippen molar-refractivity contribution < 1.29 is 0 Å². The number of hydrogen-bond acceptors (Lipinski definition) is 2. The van der Waals surface area contributed by atoms with Crippen molar-refractivity contribution in [2.24, 2.45) is 0 Å². The lowest BCUT2D eigenvalue weighted by Gasteiger charge is -2.26. The molecule has 2 aromatic rings. The summed E-state index contributed by atoms with van der Waals surface area (Å²) in [5.74, 6) is 0. The van der Waals surface area contributed by atoms with Gasteiger partial charge in [-0.25, -0.2) is 0 Å². The van der Waals surface area contributed by atoms with Crippen molar-refractivity contribution in [2.75, 3.05) is 17.2 Å². The molecular formula is C16H17ClN2. The maximum atomic E-state index is 6.13. The molecule has 3 rings (SSSR count). The number of halogens is 1. The van der Waals surface area contributed by atoms with Crippen LogP contribution >= 0.6 is 11.6 Å². The van der Waals surface area contributed by atoms with Gasteiger partial charge >= 0.3 is 0 Å². The van der Waals surface area contributed by atoms with E-state index >= 15 is 0 Å². The van der Waals surface area contributed by atoms with Crippen LogP contribution in [0.4, 0.5) is 17.1 Å². The fourth-order valence-electron chi connectivity index (χ4n) is 2.69. The molecule has 1 heterocycles. The molecule has 2 aromatic carbocycles. The monoisotopic (exact) mass is 272 g/mol. The summed E-state index contributed by atoms with van der Waals surface area (Å²) in [4.78, 5) is 2.30. The van der Waals surface area contributed by atoms with Gasteiger partial charge in [-0.05, 0) is 49.1 Å². The molecule has 98 valence electrons. The number of rotatable bonds is 1. The fraction of sp³-hybridized carbons (Fsp3) is 0.250. The summed E-state index contributed by atoms with van der Waals surface area (Å²) >= 11 is 6.12. The number of nitrogens with two attached hydrogens (primary N) is 1. The normalized spacial score (nSPS) is 14.9. The Bertz CT molecular complexity index is 595. The van der Waals surface area contributed by atoms with Crippen LogP contribution in [-0.2, 0) is 6.42 Å². The Hall–Kier alpha value is -1.67. The van der Waals surface area contributed by atoms with Crippen LogP contribution in [0.25, 0.3) is 0 Å². The van der Waals surface area contributed by atoms with Crippen LogP contribution in [0.15, 0.2) is 42.5 Å². The highest BCUT2D eigenvalue weighted by molar-refractivity contribution is 6.31. The van der Waals surface area contributed by atoms with E-state index in [0.717, 1.165) is 29.4 Å². The first-order chi connectivity index (χ1) is 9.25. The van der Waals surface area contributed by atoms with Crippen molar-refractivity contribution in [1.29, 1.82) is 0 Å². The molecule has 0 bridgehead atoms. The van der Waals surface area contributed by atoms with Crippen LogP contribution in [0.3, 0.4) is 0 Å². The molecular weight excluding hydrogens is 256 g/mol. The first kappa shape index (κ1) is 12.4. The third-order valence-corrected chi connectivity index (χ3v) is 3.88. The van der Waals surface area contributed by atoms with Gasteiger partial charge in [0.15, 0.2) is 0 Å². The van der Waals surface area contributed by atoms with E-state index in [0.29, 0.717) is 0 Å². The Labute approximate surface area is 118 Å². The summed E-state index contributed by atoms with van der Waals surface area (Å²) in [6.07, 6.45) is 3.52. The molecule has 1 aliphatic rings. The average molecular weight is 273 g/mol. The number of nitrogen functional groups attached to an aromatic ring is 1. The van der Waals surface area contributed by atoms with Gasteiger partial charge in [0.2, 0.25) is 0 Å². The van der Waals surface area contributed by atoms with Crippen molar-refractivity contribution in [2.45, 2.75) is 19.3 Å². The minimum absolute atomic E-state index is 0.728. The van der Waals surface area contributed by atoms with Gasteiger partial charge in [0.05, 0.1) is 11.4 Å². The van der Waals surface area contributed by atoms with E-state index in [1.165, 1.54) is 24.1 Å². The maximum absolute atomic E-state index is 6.13. The van der Waals surface area contributed by atoms with Gasteiger partial charge in [-0.2, -0.15) is 0 Å². The van der Waals surface area contributed by atoms with Gasteiger partial charge < -0.3 is 10.6 Å². The molecule has 0 atom stereocenters. The Morgan fingerprint density at radius 3 is 2.74 bits per heavy atom. The third kappa shape index (κ3) is 2.41. The molecule has 3 heteroatoms. The number of anilines is 3. The first-order valence-corrected chi connectivity index (χ1v) is 7.04. The average Bonchev–Trinajstić information content (AvgIpc) is 2.64. The molecule has 0 fully saturated rings. The second-order valence-electron chi connectivity index (χ2n) is 4.94. The van der Waals surface area contributed by atoms with Crippen LogP contribution in [0.2, 0.25) is 5.02 Å². The van der Waals surface area contributed by atoms with Crippen LogP contribution in [0.5, 0.6) is 0 Å². The first-order valence-electron chi connectivity index (χ1n) is 6.66. The SMILES string of the molecule is Nc1ccc(Cl)cc1N1CCCCc2ccccc21. The smallest absolute Gasteiger partial charge is 0.0659 e. The molecule has 0 unspecified atom stereocenters. The summed E-state index contributed by atoms with van der Waals surface area (Å²) < 4.78 is 0. The predicted molar refractivity (Wildman–Crippen MR) is 82.3 cm³/mol. The molecule has 0 saturated carbocycles. The summed E-state index contributed by atoms with van der Waals surface area (Å²) in [6.45, 7) is 0.988. The molecule has 19 heavy (non-hydrogen) atoms. The number of hydrogen-bond donors (Lipinski definition) is 1. The Kier molecular flexibility index (Phi) is 3.34. The van der Waals surface area contributed by atoms with E-state index in [2.05, 4.69) is 29.2 Å². The molecule has 2 N–H and O–H groups in total. The molecule has 0 saturated heterocycles. The van der Waals surface area contributed by atoms with Crippen LogP contribution < -0.4 is 10.6 Å². The zero-order valence-corrected chi connectivity index (χ0v) is 11.5. The number of nitrogens with zero attached hydrogens (tertiary/aromatic N) is 1. The number of aryl methyl sites for hydroxylation is 1. The van der Waals surface area contributed by atoms with Gasteiger partial charge in [0.1, 0.15) is 0 Å². The van der Waals surface area contributed by atoms with Crippen molar-refractivity contribution in [3.05, 3.63) is 53.1 Å². The number of fused-ring (bicyclic) bond motifs is 1. The lowest BCUT2D eigenvalue weighted by Crippen LogP contribution is -2.19. The molecule has 0 amide bonds. The zero-order chi connectivity index (χ0) is 13.2. The van der Waals surface area contributed by atoms with Crippen LogP contribution in [0.1, 0.15) is 18.4 Å². The Morgan fingerprint density at radius 1 is 1.00 bits per heavy atom. The highest BCUT2D eigenvalue weighted by Gasteiger charge is 2.18. The van der Waals surface area contributed by atoms with E-state index in [1.807, 2.05) is 18.2 Å². The summed E-state index contributed by atoms with van der Waals surface area (Å²) in [5.41, 5.74) is 10.6. The van der Waals surface area contributed by atoms with Crippen molar-refractivity contribution >= 4 is 28.7 Å². The minimum atomic E-state index is 0.728. The molecule has 1 aliphatic heterocycles. The predicted octanol–water partition coefficient (Wildman–Crippen LogP) is 4.40. The van der Waals surface area contributed by atoms with Crippen LogP contribution in [0, 0.1) is 0 Å². The van der Waals surface area contributed by atoms with Gasteiger partial charge in [0.25, 0.3) is 0 Å². The second kappa shape index (κ2) is 5.14. The van der Waals surface area contributed by atoms with E-state index in [1.54, 1.807) is 0 Å². The summed E-state index contributed by atoms with van der Waals surface area (Å²) in [7, 11) is 0. The molecule has 0 radical (unpaired) electrons. The molecule has 0 spiro atoms. The van der Waals surface area contributed by atoms with E-state index in [9.17, 15) is 0 Å². The molecule has 2 nitrogen and oxygen atoms in total. The summed E-state index contributed by atoms with van der Waals surface area (Å²) in [6, 6.07) is 14.2. The highest BCUT2D eigenvalue weighted by atomic mass is 35.5. The zero-order valence-electron chi connectivity index (χ0n) is 10.8. The highest BCUT2D eigenvalue weighted by Crippen LogP contribution is 2.36. The van der Waals surface area contributed by atoms with Gasteiger partial charge in [-0.3, -0.25) is 0 Å². The van der Waals surface area contributed by atoms with E-state index in [4.69, 9.17) is 17.3 Å². The lowest BCUT2D eigenvalue weighted by molar-refractivity contribution is 0.761. The number of benzene rings is 2. The molecule has 0 aromatic heterocycles. The van der Waals surface area contributed by atoms with Gasteiger partial charge in [-0.15, -0.1) is 0 Å².